The van der Waals surface area contributed by atoms with E-state index in [9.17, 15) is 41.4 Å². The Morgan fingerprint density at radius 3 is 2.00 bits per heavy atom. The number of ketones is 1. The van der Waals surface area contributed by atoms with Gasteiger partial charge in [-0.05, 0) is 69.6 Å². The second-order valence-electron chi connectivity index (χ2n) is 10.6. The van der Waals surface area contributed by atoms with Crippen LogP contribution in [0.1, 0.15) is 98.3 Å². The highest BCUT2D eigenvalue weighted by Gasteiger charge is 2.70. The van der Waals surface area contributed by atoms with Crippen molar-refractivity contribution in [1.29, 1.82) is 0 Å². The van der Waals surface area contributed by atoms with Crippen molar-refractivity contribution in [2.24, 2.45) is 17.3 Å². The first-order valence-electron chi connectivity index (χ1n) is 12.0. The van der Waals surface area contributed by atoms with E-state index in [1.807, 2.05) is 12.8 Å². The van der Waals surface area contributed by atoms with Gasteiger partial charge in [-0.1, -0.05) is 39.0 Å². The number of alkyl halides is 6. The summed E-state index contributed by atoms with van der Waals surface area (Å²) in [4.78, 5) is 12.6. The van der Waals surface area contributed by atoms with Gasteiger partial charge in [-0.2, -0.15) is 26.3 Å². The van der Waals surface area contributed by atoms with Gasteiger partial charge in [0.25, 0.3) is 0 Å². The van der Waals surface area contributed by atoms with Crippen molar-refractivity contribution >= 4 is 5.78 Å². The molecule has 1 fully saturated rings. The molecule has 1 rings (SSSR count). The molecule has 2 N–H and O–H groups in total. The van der Waals surface area contributed by atoms with Crippen molar-refractivity contribution in [3.63, 3.8) is 0 Å². The summed E-state index contributed by atoms with van der Waals surface area (Å²) in [6.07, 6.45) is -5.93. The molecule has 0 amide bonds. The largest absolute Gasteiger partial charge is 0.438 e. The van der Waals surface area contributed by atoms with Crippen LogP contribution in [0.2, 0.25) is 0 Å². The van der Waals surface area contributed by atoms with Gasteiger partial charge in [0, 0.05) is 18.8 Å². The third-order valence-corrected chi connectivity index (χ3v) is 7.02. The Morgan fingerprint density at radius 1 is 0.912 bits per heavy atom. The number of aliphatic hydroxyl groups is 2. The van der Waals surface area contributed by atoms with E-state index >= 15 is 0 Å². The van der Waals surface area contributed by atoms with Crippen LogP contribution in [0.3, 0.4) is 0 Å². The number of halogens is 6. The standard InChI is InChI=1S/C25H38F6O3/c1-5-6-7-10-20(32)18-11-12-19(17-18)22(4,14-8-13-21(2,3)33)15-9-16-23(34,24(26,27)28)25(29,30)31/h18-19,33-34H,5-8,10-15,17H2,1-4H3/t18?,19-,22+/m0/s1. The van der Waals surface area contributed by atoms with Crippen molar-refractivity contribution in [2.45, 2.75) is 122 Å². The van der Waals surface area contributed by atoms with Crippen molar-refractivity contribution in [3.05, 3.63) is 0 Å². The van der Waals surface area contributed by atoms with Gasteiger partial charge in [0.1, 0.15) is 5.78 Å². The van der Waals surface area contributed by atoms with Gasteiger partial charge in [-0.25, -0.2) is 0 Å². The first-order valence-corrected chi connectivity index (χ1v) is 12.0. The fraction of sp³-hybridized carbons (Fsp3) is 0.880. The molecular weight excluding hydrogens is 462 g/mol. The van der Waals surface area contributed by atoms with Crippen LogP contribution in [0.15, 0.2) is 0 Å². The van der Waals surface area contributed by atoms with Gasteiger partial charge in [0.15, 0.2) is 0 Å². The molecule has 0 aromatic carbocycles. The normalized spacial score (nSPS) is 21.6. The van der Waals surface area contributed by atoms with Crippen molar-refractivity contribution < 1.29 is 41.4 Å². The minimum Gasteiger partial charge on any atom is -0.390 e. The average Bonchev–Trinajstić information content (AvgIpc) is 3.16. The smallest absolute Gasteiger partial charge is 0.390 e. The molecular formula is C25H38F6O3. The molecule has 0 spiro atoms. The minimum absolute atomic E-state index is 0.103. The molecule has 1 aliphatic rings. The molecule has 0 saturated heterocycles. The average molecular weight is 501 g/mol. The number of carbonyl (C=O) groups excluding carboxylic acids is 1. The summed E-state index contributed by atoms with van der Waals surface area (Å²) in [6.45, 7) is 7.05. The lowest BCUT2D eigenvalue weighted by molar-refractivity contribution is -0.343. The fourth-order valence-corrected chi connectivity index (χ4v) is 4.70. The SMILES string of the molecule is CCCCCC(=O)C1CC[C@H]([C@@](C)(CC#CC(O)(C(F)(F)F)C(F)(F)F)CCCC(C)(C)O)C1. The summed E-state index contributed by atoms with van der Waals surface area (Å²) >= 11 is 0. The Bertz CT molecular complexity index is 712. The molecule has 0 bridgehead atoms. The highest BCUT2D eigenvalue weighted by Crippen LogP contribution is 2.48. The van der Waals surface area contributed by atoms with Crippen LogP contribution in [0, 0.1) is 29.1 Å². The van der Waals surface area contributed by atoms with Crippen molar-refractivity contribution in [1.82, 2.24) is 0 Å². The molecule has 0 aromatic heterocycles. The van der Waals surface area contributed by atoms with E-state index in [-0.39, 0.29) is 24.0 Å². The highest BCUT2D eigenvalue weighted by molar-refractivity contribution is 5.81. The zero-order valence-electron chi connectivity index (χ0n) is 20.5. The summed E-state index contributed by atoms with van der Waals surface area (Å²) in [5.74, 6) is 2.96. The number of rotatable bonds is 11. The predicted octanol–water partition coefficient (Wildman–Crippen LogP) is 6.75. The van der Waals surface area contributed by atoms with Crippen LogP contribution in [0.5, 0.6) is 0 Å². The third kappa shape index (κ3) is 8.44. The Hall–Kier alpha value is -1.27. The second kappa shape index (κ2) is 11.6. The van der Waals surface area contributed by atoms with Gasteiger partial charge >= 0.3 is 18.0 Å². The predicted molar refractivity (Wildman–Crippen MR) is 118 cm³/mol. The Labute approximate surface area is 198 Å². The first-order chi connectivity index (χ1) is 15.4. The lowest BCUT2D eigenvalue weighted by Gasteiger charge is -2.35. The van der Waals surface area contributed by atoms with Crippen LogP contribution in [0.25, 0.3) is 0 Å². The molecule has 198 valence electrons. The topological polar surface area (TPSA) is 57.5 Å². The van der Waals surface area contributed by atoms with E-state index in [1.54, 1.807) is 20.8 Å². The molecule has 0 aliphatic heterocycles. The van der Waals surface area contributed by atoms with Crippen molar-refractivity contribution in [2.75, 3.05) is 0 Å². The van der Waals surface area contributed by atoms with E-state index in [0.717, 1.165) is 25.2 Å². The summed E-state index contributed by atoms with van der Waals surface area (Å²) in [7, 11) is 0. The zero-order valence-corrected chi connectivity index (χ0v) is 20.5. The minimum atomic E-state index is -5.99. The number of carbonyl (C=O) groups is 1. The third-order valence-electron chi connectivity index (χ3n) is 7.02. The fourth-order valence-electron chi connectivity index (χ4n) is 4.70. The van der Waals surface area contributed by atoms with Crippen molar-refractivity contribution in [3.8, 4) is 11.8 Å². The second-order valence-corrected chi connectivity index (χ2v) is 10.6. The Kier molecular flexibility index (Phi) is 10.5. The molecule has 34 heavy (non-hydrogen) atoms. The van der Waals surface area contributed by atoms with E-state index in [1.165, 1.54) is 0 Å². The van der Waals surface area contributed by atoms with Gasteiger partial charge in [-0.3, -0.25) is 4.79 Å². The van der Waals surface area contributed by atoms with Crippen LogP contribution in [0.4, 0.5) is 26.3 Å². The van der Waals surface area contributed by atoms with Gasteiger partial charge in [0.05, 0.1) is 5.60 Å². The van der Waals surface area contributed by atoms with E-state index < -0.39 is 29.0 Å². The molecule has 1 saturated carbocycles. The molecule has 0 heterocycles. The molecule has 3 atom stereocenters. The molecule has 0 radical (unpaired) electrons. The van der Waals surface area contributed by atoms with E-state index in [0.29, 0.717) is 44.9 Å². The van der Waals surface area contributed by atoms with Crippen LogP contribution in [-0.2, 0) is 4.79 Å². The quantitative estimate of drug-likeness (QED) is 0.187. The maximum absolute atomic E-state index is 13.0. The molecule has 0 aromatic rings. The van der Waals surface area contributed by atoms with Gasteiger partial charge < -0.3 is 10.2 Å². The Morgan fingerprint density at radius 2 is 1.50 bits per heavy atom. The highest BCUT2D eigenvalue weighted by atomic mass is 19.4. The van der Waals surface area contributed by atoms with Gasteiger partial charge in [-0.15, -0.1) is 0 Å². The monoisotopic (exact) mass is 500 g/mol. The number of hydrogen-bond acceptors (Lipinski definition) is 3. The van der Waals surface area contributed by atoms with Crippen LogP contribution < -0.4 is 0 Å². The summed E-state index contributed by atoms with van der Waals surface area (Å²) in [6, 6.07) is 0. The molecule has 1 unspecified atom stereocenters. The summed E-state index contributed by atoms with van der Waals surface area (Å²) in [5, 5.41) is 19.3. The number of Topliss-reactive ketones (excluding diaryl/α,β-unsaturated/α-hetero) is 1. The number of hydrogen-bond donors (Lipinski definition) is 2. The zero-order chi connectivity index (χ0) is 26.4. The maximum atomic E-state index is 13.0. The van der Waals surface area contributed by atoms with Gasteiger partial charge in [0.2, 0.25) is 0 Å². The lowest BCUT2D eigenvalue weighted by atomic mass is 9.69. The lowest BCUT2D eigenvalue weighted by Crippen LogP contribution is -2.55. The molecule has 9 heteroatoms. The Balaban J connectivity index is 3.08. The summed E-state index contributed by atoms with van der Waals surface area (Å²) in [5.41, 5.74) is -6.82. The first kappa shape index (κ1) is 30.8. The van der Waals surface area contributed by atoms with E-state index in [2.05, 4.69) is 0 Å². The molecule has 1 aliphatic carbocycles. The molecule has 3 nitrogen and oxygen atoms in total. The summed E-state index contributed by atoms with van der Waals surface area (Å²) < 4.78 is 77.9. The number of unbranched alkanes of at least 4 members (excludes halogenated alkanes) is 2. The maximum Gasteiger partial charge on any atom is 0.438 e. The van der Waals surface area contributed by atoms with Crippen LogP contribution >= 0.6 is 0 Å². The van der Waals surface area contributed by atoms with E-state index in [4.69, 9.17) is 0 Å². The van der Waals surface area contributed by atoms with Crippen LogP contribution in [-0.4, -0.2) is 39.6 Å².